The second-order valence-electron chi connectivity index (χ2n) is 3.66. The van der Waals surface area contributed by atoms with Crippen LogP contribution >= 0.6 is 11.8 Å². The lowest BCUT2D eigenvalue weighted by atomic mass is 10.2. The fraction of sp³-hybridized carbons (Fsp3) is 0.889. The predicted molar refractivity (Wildman–Crippen MR) is 59.4 cm³/mol. The second-order valence-corrected chi connectivity index (χ2v) is 5.21. The van der Waals surface area contributed by atoms with Crippen molar-refractivity contribution in [2.45, 2.75) is 38.9 Å². The van der Waals surface area contributed by atoms with Gasteiger partial charge in [-0.3, -0.25) is 0 Å². The van der Waals surface area contributed by atoms with Crippen molar-refractivity contribution in [3.8, 4) is 0 Å². The third kappa shape index (κ3) is 7.96. The summed E-state index contributed by atoms with van der Waals surface area (Å²) in [5.41, 5.74) is 5.39. The van der Waals surface area contributed by atoms with Gasteiger partial charge in [0.05, 0.1) is 0 Å². The molecule has 78 valence electrons. The van der Waals surface area contributed by atoms with Crippen molar-refractivity contribution in [1.82, 2.24) is 0 Å². The Hall–Kier alpha value is -0.380. The number of hydrogen-bond acceptors (Lipinski definition) is 3. The van der Waals surface area contributed by atoms with E-state index in [0.717, 1.165) is 11.7 Å². The Morgan fingerprint density at radius 2 is 2.08 bits per heavy atom. The smallest absolute Gasteiger partial charge is 0.140 e. The Morgan fingerprint density at radius 1 is 1.46 bits per heavy atom. The maximum absolute atomic E-state index is 8.35. The van der Waals surface area contributed by atoms with Crippen LogP contribution in [0.15, 0.2) is 5.16 Å². The lowest BCUT2D eigenvalue weighted by Gasteiger charge is -2.10. The largest absolute Gasteiger partial charge is 0.409 e. The minimum Gasteiger partial charge on any atom is -0.409 e. The maximum atomic E-state index is 8.35. The van der Waals surface area contributed by atoms with E-state index in [4.69, 9.17) is 10.9 Å². The monoisotopic (exact) mass is 204 g/mol. The molecule has 0 aromatic heterocycles. The molecule has 3 N–H and O–H groups in total. The van der Waals surface area contributed by atoms with Gasteiger partial charge in [0.25, 0.3) is 0 Å². The van der Waals surface area contributed by atoms with Crippen LogP contribution in [-0.4, -0.2) is 22.0 Å². The molecule has 1 unspecified atom stereocenters. The van der Waals surface area contributed by atoms with Gasteiger partial charge in [0, 0.05) is 11.7 Å². The summed E-state index contributed by atoms with van der Waals surface area (Å²) in [6, 6.07) is 0. The minimum atomic E-state index is 0.324. The Balaban J connectivity index is 3.46. The number of rotatable bonds is 6. The van der Waals surface area contributed by atoms with Crippen LogP contribution in [0, 0.1) is 5.92 Å². The van der Waals surface area contributed by atoms with Crippen LogP contribution in [0.2, 0.25) is 0 Å². The van der Waals surface area contributed by atoms with Crippen molar-refractivity contribution >= 4 is 17.6 Å². The van der Waals surface area contributed by atoms with Crippen LogP contribution in [-0.2, 0) is 0 Å². The van der Waals surface area contributed by atoms with E-state index in [-0.39, 0.29) is 0 Å². The molecule has 0 spiro atoms. The molecule has 0 saturated heterocycles. The third-order valence-electron chi connectivity index (χ3n) is 1.72. The van der Waals surface area contributed by atoms with Crippen LogP contribution in [0.4, 0.5) is 0 Å². The molecule has 0 heterocycles. The summed E-state index contributed by atoms with van der Waals surface area (Å²) in [5, 5.41) is 11.7. The van der Waals surface area contributed by atoms with Gasteiger partial charge in [0.15, 0.2) is 0 Å². The SMILES string of the molecule is CC(C)CCSC(C)CC(N)=NO. The fourth-order valence-electron chi connectivity index (χ4n) is 0.899. The summed E-state index contributed by atoms with van der Waals surface area (Å²) in [5.74, 6) is 2.23. The van der Waals surface area contributed by atoms with Crippen LogP contribution in [0.5, 0.6) is 0 Å². The quantitative estimate of drug-likeness (QED) is 0.302. The highest BCUT2D eigenvalue weighted by molar-refractivity contribution is 7.99. The molecule has 0 aliphatic carbocycles. The highest BCUT2D eigenvalue weighted by Gasteiger charge is 2.05. The molecule has 0 radical (unpaired) electrons. The van der Waals surface area contributed by atoms with Crippen LogP contribution in [0.1, 0.15) is 33.6 Å². The van der Waals surface area contributed by atoms with Crippen LogP contribution < -0.4 is 5.73 Å². The van der Waals surface area contributed by atoms with Gasteiger partial charge >= 0.3 is 0 Å². The second kappa shape index (κ2) is 7.06. The molecule has 0 aromatic carbocycles. The first-order chi connectivity index (χ1) is 6.06. The van der Waals surface area contributed by atoms with Crippen molar-refractivity contribution in [2.24, 2.45) is 16.8 Å². The number of oxime groups is 1. The summed E-state index contributed by atoms with van der Waals surface area (Å²) in [7, 11) is 0. The van der Waals surface area contributed by atoms with Crippen LogP contribution in [0.25, 0.3) is 0 Å². The average Bonchev–Trinajstić information content (AvgIpc) is 2.03. The Morgan fingerprint density at radius 3 is 2.54 bits per heavy atom. The number of nitrogens with zero attached hydrogens (tertiary/aromatic N) is 1. The van der Waals surface area contributed by atoms with Gasteiger partial charge in [0.1, 0.15) is 5.84 Å². The number of nitrogens with two attached hydrogens (primary N) is 1. The fourth-order valence-corrected chi connectivity index (χ4v) is 2.20. The van der Waals surface area contributed by atoms with Gasteiger partial charge in [-0.25, -0.2) is 0 Å². The summed E-state index contributed by atoms with van der Waals surface area (Å²) in [6.07, 6.45) is 1.89. The van der Waals surface area contributed by atoms with E-state index < -0.39 is 0 Å². The number of hydrogen-bond donors (Lipinski definition) is 2. The molecule has 0 aliphatic rings. The molecular weight excluding hydrogens is 184 g/mol. The van der Waals surface area contributed by atoms with Gasteiger partial charge in [-0.2, -0.15) is 11.8 Å². The Bertz CT molecular complexity index is 160. The van der Waals surface area contributed by atoms with Crippen molar-refractivity contribution in [3.63, 3.8) is 0 Å². The van der Waals surface area contributed by atoms with Crippen LogP contribution in [0.3, 0.4) is 0 Å². The molecule has 0 aromatic rings. The summed E-state index contributed by atoms with van der Waals surface area (Å²) in [4.78, 5) is 0. The molecule has 0 bridgehead atoms. The molecule has 4 heteroatoms. The molecule has 0 rings (SSSR count). The normalized spacial score (nSPS) is 14.9. The van der Waals surface area contributed by atoms with E-state index in [1.54, 1.807) is 0 Å². The van der Waals surface area contributed by atoms with Gasteiger partial charge in [-0.05, 0) is 18.1 Å². The first kappa shape index (κ1) is 12.6. The summed E-state index contributed by atoms with van der Waals surface area (Å²) in [6.45, 7) is 6.53. The summed E-state index contributed by atoms with van der Waals surface area (Å²) >= 11 is 1.88. The number of amidine groups is 1. The summed E-state index contributed by atoms with van der Waals surface area (Å²) < 4.78 is 0. The van der Waals surface area contributed by atoms with Crippen molar-refractivity contribution in [2.75, 3.05) is 5.75 Å². The molecule has 0 aliphatic heterocycles. The first-order valence-electron chi connectivity index (χ1n) is 4.64. The van der Waals surface area contributed by atoms with Gasteiger partial charge in [-0.1, -0.05) is 25.9 Å². The zero-order valence-corrected chi connectivity index (χ0v) is 9.47. The zero-order valence-electron chi connectivity index (χ0n) is 8.66. The average molecular weight is 204 g/mol. The molecule has 3 nitrogen and oxygen atoms in total. The van der Waals surface area contributed by atoms with Gasteiger partial charge < -0.3 is 10.9 Å². The van der Waals surface area contributed by atoms with E-state index in [1.807, 2.05) is 11.8 Å². The maximum Gasteiger partial charge on any atom is 0.140 e. The molecular formula is C9H20N2OS. The standard InChI is InChI=1S/C9H20N2OS/c1-7(2)4-5-13-8(3)6-9(10)11-12/h7-8,12H,4-6H2,1-3H3,(H2,10,11). The number of thioether (sulfide) groups is 1. The first-order valence-corrected chi connectivity index (χ1v) is 5.69. The van der Waals surface area contributed by atoms with E-state index in [2.05, 4.69) is 25.9 Å². The minimum absolute atomic E-state index is 0.324. The third-order valence-corrected chi connectivity index (χ3v) is 2.93. The van der Waals surface area contributed by atoms with Crippen molar-refractivity contribution < 1.29 is 5.21 Å². The lowest BCUT2D eigenvalue weighted by Crippen LogP contribution is -2.17. The van der Waals surface area contributed by atoms with E-state index >= 15 is 0 Å². The highest BCUT2D eigenvalue weighted by atomic mass is 32.2. The molecule has 0 fully saturated rings. The Labute approximate surface area is 84.8 Å². The lowest BCUT2D eigenvalue weighted by molar-refractivity contribution is 0.317. The molecule has 1 atom stereocenters. The molecule has 13 heavy (non-hydrogen) atoms. The van der Waals surface area contributed by atoms with E-state index in [1.165, 1.54) is 6.42 Å². The highest BCUT2D eigenvalue weighted by Crippen LogP contribution is 2.17. The van der Waals surface area contributed by atoms with Gasteiger partial charge in [0.2, 0.25) is 0 Å². The molecule has 0 amide bonds. The van der Waals surface area contributed by atoms with E-state index in [9.17, 15) is 0 Å². The topological polar surface area (TPSA) is 58.6 Å². The molecule has 0 saturated carbocycles. The van der Waals surface area contributed by atoms with E-state index in [0.29, 0.717) is 17.5 Å². The van der Waals surface area contributed by atoms with Crippen molar-refractivity contribution in [3.05, 3.63) is 0 Å². The van der Waals surface area contributed by atoms with Crippen molar-refractivity contribution in [1.29, 1.82) is 0 Å². The zero-order chi connectivity index (χ0) is 10.3. The predicted octanol–water partition coefficient (Wildman–Crippen LogP) is 2.29. The van der Waals surface area contributed by atoms with Gasteiger partial charge in [-0.15, -0.1) is 0 Å². The Kier molecular flexibility index (Phi) is 6.86.